The Bertz CT molecular complexity index is 1340. The summed E-state index contributed by atoms with van der Waals surface area (Å²) in [6.45, 7) is 2.64. The molecule has 6 rings (SSSR count). The summed E-state index contributed by atoms with van der Waals surface area (Å²) in [6.07, 6.45) is 0. The largest absolute Gasteiger partial charge is 0.360 e. The van der Waals surface area contributed by atoms with Crippen LogP contribution in [0.15, 0.2) is 63.9 Å². The lowest BCUT2D eigenvalue weighted by atomic mass is 10.0. The van der Waals surface area contributed by atoms with E-state index in [0.29, 0.717) is 0 Å². The van der Waals surface area contributed by atoms with Crippen LogP contribution in [-0.2, 0) is 6.54 Å². The van der Waals surface area contributed by atoms with E-state index in [1.165, 1.54) is 5.56 Å². The van der Waals surface area contributed by atoms with Gasteiger partial charge in [0.25, 0.3) is 0 Å². The smallest absolute Gasteiger partial charge is 0.170 e. The highest BCUT2D eigenvalue weighted by atomic mass is 32.1. The molecular formula is C22H15N5OS. The van der Waals surface area contributed by atoms with Crippen molar-refractivity contribution in [3.05, 3.63) is 70.7 Å². The summed E-state index contributed by atoms with van der Waals surface area (Å²) in [4.78, 5) is 4.43. The fourth-order valence-corrected chi connectivity index (χ4v) is 4.43. The van der Waals surface area contributed by atoms with Gasteiger partial charge in [0.2, 0.25) is 0 Å². The van der Waals surface area contributed by atoms with E-state index in [9.17, 15) is 0 Å². The van der Waals surface area contributed by atoms with E-state index in [2.05, 4.69) is 48.5 Å². The first-order valence-corrected chi connectivity index (χ1v) is 10.2. The summed E-state index contributed by atoms with van der Waals surface area (Å²) in [7, 11) is 0. The second kappa shape index (κ2) is 6.22. The Morgan fingerprint density at radius 1 is 1.00 bits per heavy atom. The van der Waals surface area contributed by atoms with Gasteiger partial charge in [0.05, 0.1) is 23.3 Å². The topological polar surface area (TPSA) is 69.6 Å². The van der Waals surface area contributed by atoms with Crippen molar-refractivity contribution in [2.75, 3.05) is 0 Å². The molecule has 0 N–H and O–H groups in total. The van der Waals surface area contributed by atoms with E-state index in [4.69, 9.17) is 4.52 Å². The Balaban J connectivity index is 1.49. The Morgan fingerprint density at radius 3 is 2.69 bits per heavy atom. The Hall–Kier alpha value is -3.58. The third kappa shape index (κ3) is 2.48. The van der Waals surface area contributed by atoms with Crippen LogP contribution in [-0.4, -0.2) is 24.9 Å². The molecule has 3 aromatic heterocycles. The van der Waals surface area contributed by atoms with Gasteiger partial charge in [-0.3, -0.25) is 0 Å². The summed E-state index contributed by atoms with van der Waals surface area (Å²) in [5.74, 6) is 2.38. The fraction of sp³-hybridized carbons (Fsp3) is 0.0909. The highest BCUT2D eigenvalue weighted by molar-refractivity contribution is 7.07. The minimum atomic E-state index is 0.725. The quantitative estimate of drug-likeness (QED) is 0.417. The van der Waals surface area contributed by atoms with E-state index in [0.717, 1.165) is 57.6 Å². The molecule has 1 aliphatic heterocycles. The molecule has 29 heavy (non-hydrogen) atoms. The normalized spacial score (nSPS) is 12.2. The van der Waals surface area contributed by atoms with Gasteiger partial charge >= 0.3 is 0 Å². The Morgan fingerprint density at radius 2 is 1.86 bits per heavy atom. The SMILES string of the molecule is Cc1onc(-c2ccccc2)c1-c1nnc2n1Cc1ccc(-c3cscn3)cc1-2. The molecular weight excluding hydrogens is 382 g/mol. The van der Waals surface area contributed by atoms with E-state index in [1.807, 2.05) is 42.8 Å². The molecule has 1 aliphatic rings. The summed E-state index contributed by atoms with van der Waals surface area (Å²) in [6, 6.07) is 16.4. The molecule has 0 radical (unpaired) electrons. The van der Waals surface area contributed by atoms with Crippen molar-refractivity contribution in [3.63, 3.8) is 0 Å². The molecule has 7 heteroatoms. The molecule has 0 bridgehead atoms. The standard InChI is InChI=1S/C22H15N5OS/c1-13-19(20(26-28-13)14-5-3-2-4-6-14)22-25-24-21-17-9-15(18-11-29-12-23-18)7-8-16(17)10-27(21)22/h2-9,11-12H,10H2,1H3. The average Bonchev–Trinajstić information content (AvgIpc) is 3.52. The van der Waals surface area contributed by atoms with E-state index >= 15 is 0 Å². The van der Waals surface area contributed by atoms with Crippen LogP contribution >= 0.6 is 11.3 Å². The number of nitrogens with zero attached hydrogens (tertiary/aromatic N) is 5. The van der Waals surface area contributed by atoms with Crippen molar-refractivity contribution in [2.24, 2.45) is 0 Å². The summed E-state index contributed by atoms with van der Waals surface area (Å²) in [5.41, 5.74) is 8.93. The summed E-state index contributed by atoms with van der Waals surface area (Å²) in [5, 5.41) is 15.4. The van der Waals surface area contributed by atoms with Crippen LogP contribution in [0.3, 0.4) is 0 Å². The van der Waals surface area contributed by atoms with Gasteiger partial charge in [0.15, 0.2) is 11.6 Å². The minimum Gasteiger partial charge on any atom is -0.360 e. The fourth-order valence-electron chi connectivity index (χ4n) is 3.87. The summed E-state index contributed by atoms with van der Waals surface area (Å²) >= 11 is 1.60. The molecule has 0 amide bonds. The van der Waals surface area contributed by atoms with E-state index in [1.54, 1.807) is 11.3 Å². The van der Waals surface area contributed by atoms with E-state index in [-0.39, 0.29) is 0 Å². The molecule has 0 fully saturated rings. The predicted octanol–water partition coefficient (Wildman–Crippen LogP) is 5.06. The zero-order chi connectivity index (χ0) is 19.4. The van der Waals surface area contributed by atoms with Crippen LogP contribution in [0.4, 0.5) is 0 Å². The number of aryl methyl sites for hydroxylation is 1. The zero-order valence-electron chi connectivity index (χ0n) is 15.5. The first-order chi connectivity index (χ1) is 14.3. The van der Waals surface area contributed by atoms with Gasteiger partial charge in [-0.2, -0.15) is 0 Å². The Kier molecular flexibility index (Phi) is 3.51. The van der Waals surface area contributed by atoms with Crippen molar-refractivity contribution in [1.82, 2.24) is 24.9 Å². The number of hydrogen-bond acceptors (Lipinski definition) is 6. The van der Waals surface area contributed by atoms with Crippen LogP contribution < -0.4 is 0 Å². The van der Waals surface area contributed by atoms with Crippen molar-refractivity contribution in [2.45, 2.75) is 13.5 Å². The molecule has 4 heterocycles. The zero-order valence-corrected chi connectivity index (χ0v) is 16.3. The second-order valence-corrected chi connectivity index (χ2v) is 7.73. The molecule has 5 aromatic rings. The Labute approximate surface area is 170 Å². The number of aromatic nitrogens is 5. The second-order valence-electron chi connectivity index (χ2n) is 7.01. The molecule has 0 saturated carbocycles. The van der Waals surface area contributed by atoms with Crippen molar-refractivity contribution < 1.29 is 4.52 Å². The first kappa shape index (κ1) is 16.4. The van der Waals surface area contributed by atoms with Gasteiger partial charge in [-0.15, -0.1) is 21.5 Å². The number of thiazole rings is 1. The molecule has 0 spiro atoms. The predicted molar refractivity (Wildman–Crippen MR) is 111 cm³/mol. The maximum absolute atomic E-state index is 5.54. The van der Waals surface area contributed by atoms with Crippen LogP contribution in [0.2, 0.25) is 0 Å². The lowest BCUT2D eigenvalue weighted by Gasteiger charge is -2.04. The number of rotatable bonds is 3. The van der Waals surface area contributed by atoms with Gasteiger partial charge in [0.1, 0.15) is 11.5 Å². The summed E-state index contributed by atoms with van der Waals surface area (Å²) < 4.78 is 7.68. The van der Waals surface area contributed by atoms with Gasteiger partial charge < -0.3 is 9.09 Å². The molecule has 140 valence electrons. The van der Waals surface area contributed by atoms with Gasteiger partial charge in [-0.25, -0.2) is 4.98 Å². The highest BCUT2D eigenvalue weighted by Gasteiger charge is 2.29. The van der Waals surface area contributed by atoms with E-state index < -0.39 is 0 Å². The third-order valence-corrected chi connectivity index (χ3v) is 5.88. The van der Waals surface area contributed by atoms with Crippen LogP contribution in [0.25, 0.3) is 45.3 Å². The maximum atomic E-state index is 5.54. The number of hydrogen-bond donors (Lipinski definition) is 0. The first-order valence-electron chi connectivity index (χ1n) is 9.27. The minimum absolute atomic E-state index is 0.725. The molecule has 0 unspecified atom stereocenters. The third-order valence-electron chi connectivity index (χ3n) is 5.29. The molecule has 0 aliphatic carbocycles. The van der Waals surface area contributed by atoms with Crippen molar-refractivity contribution in [3.8, 4) is 45.3 Å². The molecule has 0 saturated heterocycles. The maximum Gasteiger partial charge on any atom is 0.170 e. The van der Waals surface area contributed by atoms with Crippen molar-refractivity contribution in [1.29, 1.82) is 0 Å². The molecule has 6 nitrogen and oxygen atoms in total. The van der Waals surface area contributed by atoms with Crippen molar-refractivity contribution >= 4 is 11.3 Å². The lowest BCUT2D eigenvalue weighted by Crippen LogP contribution is -1.98. The monoisotopic (exact) mass is 397 g/mol. The molecule has 2 aromatic carbocycles. The van der Waals surface area contributed by atoms with Gasteiger partial charge in [-0.1, -0.05) is 47.6 Å². The van der Waals surface area contributed by atoms with Crippen LogP contribution in [0.5, 0.6) is 0 Å². The lowest BCUT2D eigenvalue weighted by molar-refractivity contribution is 0.400. The average molecular weight is 397 g/mol. The van der Waals surface area contributed by atoms with Crippen LogP contribution in [0, 0.1) is 6.92 Å². The van der Waals surface area contributed by atoms with Gasteiger partial charge in [-0.05, 0) is 18.6 Å². The molecule has 0 atom stereocenters. The number of fused-ring (bicyclic) bond motifs is 3. The van der Waals surface area contributed by atoms with Gasteiger partial charge in [0, 0.05) is 22.1 Å². The highest BCUT2D eigenvalue weighted by Crippen LogP contribution is 2.40. The van der Waals surface area contributed by atoms with Crippen LogP contribution in [0.1, 0.15) is 11.3 Å². The number of benzene rings is 2.